The maximum absolute atomic E-state index is 12.4. The number of nitrogens with zero attached hydrogens (tertiary/aromatic N) is 2. The van der Waals surface area contributed by atoms with Crippen LogP contribution in [0.5, 0.6) is 5.75 Å². The second-order valence-corrected chi connectivity index (χ2v) is 6.31. The Labute approximate surface area is 142 Å². The quantitative estimate of drug-likeness (QED) is 0.904. The average molecular weight is 328 g/mol. The lowest BCUT2D eigenvalue weighted by Crippen LogP contribution is -2.33. The second kappa shape index (κ2) is 7.05. The van der Waals surface area contributed by atoms with Gasteiger partial charge in [-0.3, -0.25) is 14.8 Å². The van der Waals surface area contributed by atoms with Crippen LogP contribution in [0.1, 0.15) is 28.9 Å². The van der Waals surface area contributed by atoms with Gasteiger partial charge in [-0.15, -0.1) is 0 Å². The molecule has 0 radical (unpaired) electrons. The lowest BCUT2D eigenvalue weighted by atomic mass is 10.0. The van der Waals surface area contributed by atoms with Gasteiger partial charge in [-0.05, 0) is 56.5 Å². The van der Waals surface area contributed by atoms with Crippen molar-refractivity contribution in [1.29, 1.82) is 0 Å². The molecule has 3 rings (SSSR count). The summed E-state index contributed by atoms with van der Waals surface area (Å²) in [4.78, 5) is 14.6. The SMILES string of the molecule is COc1ccc2c(c1)CCCN(CC(=O)Nc1c(C)n[nH]c1C)C2. The van der Waals surface area contributed by atoms with Gasteiger partial charge >= 0.3 is 0 Å². The van der Waals surface area contributed by atoms with E-state index in [1.807, 2.05) is 19.9 Å². The maximum Gasteiger partial charge on any atom is 0.238 e. The van der Waals surface area contributed by atoms with Gasteiger partial charge in [0.2, 0.25) is 5.91 Å². The first kappa shape index (κ1) is 16.5. The molecule has 0 aliphatic carbocycles. The molecule has 6 nitrogen and oxygen atoms in total. The summed E-state index contributed by atoms with van der Waals surface area (Å²) >= 11 is 0. The number of fused-ring (bicyclic) bond motifs is 1. The van der Waals surface area contributed by atoms with Crippen LogP contribution in [0.3, 0.4) is 0 Å². The molecule has 128 valence electrons. The molecule has 2 N–H and O–H groups in total. The van der Waals surface area contributed by atoms with Crippen molar-refractivity contribution in [2.75, 3.05) is 25.5 Å². The van der Waals surface area contributed by atoms with Gasteiger partial charge in [0.1, 0.15) is 5.75 Å². The second-order valence-electron chi connectivity index (χ2n) is 6.31. The van der Waals surface area contributed by atoms with E-state index in [1.54, 1.807) is 7.11 Å². The Bertz CT molecular complexity index is 719. The predicted octanol–water partition coefficient (Wildman–Crippen LogP) is 2.42. The van der Waals surface area contributed by atoms with Gasteiger partial charge in [0.15, 0.2) is 0 Å². The number of methoxy groups -OCH3 is 1. The minimum atomic E-state index is -0.000406. The van der Waals surface area contributed by atoms with Crippen molar-refractivity contribution in [3.8, 4) is 5.75 Å². The highest BCUT2D eigenvalue weighted by molar-refractivity contribution is 5.93. The topological polar surface area (TPSA) is 70.2 Å². The zero-order chi connectivity index (χ0) is 17.1. The van der Waals surface area contributed by atoms with Crippen molar-refractivity contribution in [1.82, 2.24) is 15.1 Å². The molecule has 2 aromatic rings. The molecule has 1 aliphatic heterocycles. The molecule has 6 heteroatoms. The fraction of sp³-hybridized carbons (Fsp3) is 0.444. The standard InChI is InChI=1S/C18H24N4O2/c1-12-18(13(2)21-20-12)19-17(23)11-22-8-4-5-14-9-16(24-3)7-6-15(14)10-22/h6-7,9H,4-5,8,10-11H2,1-3H3,(H,19,23)(H,20,21). The van der Waals surface area contributed by atoms with Crippen LogP contribution in [0.2, 0.25) is 0 Å². The zero-order valence-electron chi connectivity index (χ0n) is 14.5. The van der Waals surface area contributed by atoms with Crippen molar-refractivity contribution in [3.63, 3.8) is 0 Å². The van der Waals surface area contributed by atoms with Crippen molar-refractivity contribution in [2.45, 2.75) is 33.2 Å². The maximum atomic E-state index is 12.4. The molecule has 1 aromatic heterocycles. The predicted molar refractivity (Wildman–Crippen MR) is 93.3 cm³/mol. The van der Waals surface area contributed by atoms with Crippen molar-refractivity contribution in [3.05, 3.63) is 40.7 Å². The molecule has 2 heterocycles. The number of carbonyl (C=O) groups excluding carboxylic acids is 1. The summed E-state index contributed by atoms with van der Waals surface area (Å²) in [5.41, 5.74) is 5.08. The van der Waals surface area contributed by atoms with Crippen LogP contribution in [0.15, 0.2) is 18.2 Å². The third kappa shape index (κ3) is 3.59. The summed E-state index contributed by atoms with van der Waals surface area (Å²) in [5, 5.41) is 9.98. The molecule has 24 heavy (non-hydrogen) atoms. The smallest absolute Gasteiger partial charge is 0.238 e. The summed E-state index contributed by atoms with van der Waals surface area (Å²) in [7, 11) is 1.69. The number of rotatable bonds is 4. The Morgan fingerprint density at radius 1 is 1.38 bits per heavy atom. The number of benzene rings is 1. The summed E-state index contributed by atoms with van der Waals surface area (Å²) in [6.45, 7) is 5.87. The van der Waals surface area contributed by atoms with E-state index in [4.69, 9.17) is 4.74 Å². The third-order valence-corrected chi connectivity index (χ3v) is 4.49. The van der Waals surface area contributed by atoms with Crippen LogP contribution >= 0.6 is 0 Å². The van der Waals surface area contributed by atoms with Crippen LogP contribution in [0.25, 0.3) is 0 Å². The number of anilines is 1. The Hall–Kier alpha value is -2.34. The molecule has 0 bridgehead atoms. The van der Waals surface area contributed by atoms with E-state index in [2.05, 4.69) is 32.5 Å². The third-order valence-electron chi connectivity index (χ3n) is 4.49. The van der Waals surface area contributed by atoms with Crippen molar-refractivity contribution < 1.29 is 9.53 Å². The van der Waals surface area contributed by atoms with Gasteiger partial charge in [0.05, 0.1) is 30.7 Å². The Kier molecular flexibility index (Phi) is 4.85. The molecule has 1 aliphatic rings. The Morgan fingerprint density at radius 2 is 2.21 bits per heavy atom. The zero-order valence-corrected chi connectivity index (χ0v) is 14.5. The molecule has 0 fully saturated rings. The number of amides is 1. The Morgan fingerprint density at radius 3 is 2.92 bits per heavy atom. The summed E-state index contributed by atoms with van der Waals surface area (Å²) in [6.07, 6.45) is 2.06. The highest BCUT2D eigenvalue weighted by atomic mass is 16.5. The lowest BCUT2D eigenvalue weighted by molar-refractivity contribution is -0.117. The normalized spacial score (nSPS) is 14.8. The van der Waals surface area contributed by atoms with Gasteiger partial charge in [0.25, 0.3) is 0 Å². The van der Waals surface area contributed by atoms with E-state index in [0.29, 0.717) is 6.54 Å². The minimum Gasteiger partial charge on any atom is -0.497 e. The average Bonchev–Trinajstić information content (AvgIpc) is 2.77. The van der Waals surface area contributed by atoms with Gasteiger partial charge in [-0.2, -0.15) is 5.10 Å². The number of aromatic nitrogens is 2. The first-order valence-electron chi connectivity index (χ1n) is 8.26. The summed E-state index contributed by atoms with van der Waals surface area (Å²) < 4.78 is 5.31. The molecule has 1 aromatic carbocycles. The molecule has 0 saturated heterocycles. The van der Waals surface area contributed by atoms with Gasteiger partial charge in [-0.25, -0.2) is 0 Å². The van der Waals surface area contributed by atoms with Crippen LogP contribution in [-0.4, -0.2) is 41.2 Å². The number of H-pyrrole nitrogens is 1. The number of hydrogen-bond donors (Lipinski definition) is 2. The number of hydrogen-bond acceptors (Lipinski definition) is 4. The fourth-order valence-corrected chi connectivity index (χ4v) is 3.18. The number of ether oxygens (including phenoxy) is 1. The van der Waals surface area contributed by atoms with E-state index in [9.17, 15) is 4.79 Å². The first-order valence-corrected chi connectivity index (χ1v) is 8.26. The number of nitrogens with one attached hydrogen (secondary N) is 2. The number of aryl methyl sites for hydroxylation is 3. The molecule has 0 atom stereocenters. The highest BCUT2D eigenvalue weighted by Gasteiger charge is 2.18. The highest BCUT2D eigenvalue weighted by Crippen LogP contribution is 2.23. The molecule has 0 unspecified atom stereocenters. The van der Waals surface area contributed by atoms with E-state index in [-0.39, 0.29) is 5.91 Å². The monoisotopic (exact) mass is 328 g/mol. The van der Waals surface area contributed by atoms with Crippen LogP contribution < -0.4 is 10.1 Å². The summed E-state index contributed by atoms with van der Waals surface area (Å²) in [6, 6.07) is 6.20. The van der Waals surface area contributed by atoms with Crippen LogP contribution in [0.4, 0.5) is 5.69 Å². The number of carbonyl (C=O) groups is 1. The van der Waals surface area contributed by atoms with Gasteiger partial charge in [0, 0.05) is 6.54 Å². The van der Waals surface area contributed by atoms with Gasteiger partial charge < -0.3 is 10.1 Å². The fourth-order valence-electron chi connectivity index (χ4n) is 3.18. The molecular weight excluding hydrogens is 304 g/mol. The van der Waals surface area contributed by atoms with E-state index in [1.165, 1.54) is 11.1 Å². The molecule has 0 spiro atoms. The van der Waals surface area contributed by atoms with Crippen molar-refractivity contribution >= 4 is 11.6 Å². The molecular formula is C18H24N4O2. The molecule has 1 amide bonds. The van der Waals surface area contributed by atoms with Crippen LogP contribution in [-0.2, 0) is 17.8 Å². The van der Waals surface area contributed by atoms with Gasteiger partial charge in [-0.1, -0.05) is 6.07 Å². The number of aromatic amines is 1. The van der Waals surface area contributed by atoms with Crippen molar-refractivity contribution in [2.24, 2.45) is 0 Å². The van der Waals surface area contributed by atoms with E-state index >= 15 is 0 Å². The van der Waals surface area contributed by atoms with E-state index in [0.717, 1.165) is 48.8 Å². The lowest BCUT2D eigenvalue weighted by Gasteiger charge is -2.20. The first-order chi connectivity index (χ1) is 11.6. The van der Waals surface area contributed by atoms with E-state index < -0.39 is 0 Å². The Balaban J connectivity index is 1.66. The largest absolute Gasteiger partial charge is 0.497 e. The summed E-state index contributed by atoms with van der Waals surface area (Å²) in [5.74, 6) is 0.894. The molecule has 0 saturated carbocycles. The van der Waals surface area contributed by atoms with Crippen LogP contribution in [0, 0.1) is 13.8 Å². The minimum absolute atomic E-state index is 0.000406.